The van der Waals surface area contributed by atoms with E-state index in [1.807, 2.05) is 19.9 Å². The van der Waals surface area contributed by atoms with Gasteiger partial charge in [0, 0.05) is 41.5 Å². The van der Waals surface area contributed by atoms with Crippen LogP contribution in [0.5, 0.6) is 0 Å². The highest BCUT2D eigenvalue weighted by Crippen LogP contribution is 2.39. The largest absolute Gasteiger partial charge is 0.458 e. The molecule has 3 aromatic rings. The first-order chi connectivity index (χ1) is 22.3. The lowest BCUT2D eigenvalue weighted by molar-refractivity contribution is -0.172. The summed E-state index contributed by atoms with van der Waals surface area (Å²) in [5.41, 5.74) is 7.67. The molecule has 4 heterocycles. The summed E-state index contributed by atoms with van der Waals surface area (Å²) in [6.45, 7) is 9.25. The molecule has 2 aromatic heterocycles. The minimum atomic E-state index is -1.92. The average molecular weight is 651 g/mol. The number of nitrogens with zero attached hydrogens (tertiary/aromatic N) is 2. The Labute approximate surface area is 272 Å². The molecule has 4 N–H and O–H groups in total. The van der Waals surface area contributed by atoms with Gasteiger partial charge in [0.05, 0.1) is 35.1 Å². The number of aryl methyl sites for hydroxylation is 1. The summed E-state index contributed by atoms with van der Waals surface area (Å²) in [5, 5.41) is 14.6. The lowest BCUT2D eigenvalue weighted by Gasteiger charge is -2.31. The monoisotopic (exact) mass is 650 g/mol. The summed E-state index contributed by atoms with van der Waals surface area (Å²) in [4.78, 5) is 55.3. The summed E-state index contributed by atoms with van der Waals surface area (Å²) >= 11 is 0. The molecule has 1 amide bonds. The average Bonchev–Trinajstić information content (AvgIpc) is 3.40. The van der Waals surface area contributed by atoms with E-state index in [2.05, 4.69) is 5.32 Å². The molecule has 1 aromatic carbocycles. The van der Waals surface area contributed by atoms with Crippen molar-refractivity contribution in [1.82, 2.24) is 14.9 Å². The lowest BCUT2D eigenvalue weighted by Crippen LogP contribution is -2.44. The Balaban J connectivity index is 1.24. The number of halogens is 1. The molecule has 0 fully saturated rings. The predicted molar refractivity (Wildman–Crippen MR) is 173 cm³/mol. The normalized spacial score (nSPS) is 18.0. The number of nitrogens with two attached hydrogens (primary N) is 1. The van der Waals surface area contributed by atoms with E-state index < -0.39 is 23.5 Å². The Hall–Kier alpha value is -4.00. The van der Waals surface area contributed by atoms with Crippen molar-refractivity contribution in [3.63, 3.8) is 0 Å². The quantitative estimate of drug-likeness (QED) is 0.112. The number of cyclic esters (lactones) is 1. The molecule has 47 heavy (non-hydrogen) atoms. The number of unbranched alkanes of at least 4 members (excludes halogenated alkanes) is 1. The number of pyridine rings is 2. The zero-order valence-electron chi connectivity index (χ0n) is 27.6. The van der Waals surface area contributed by atoms with Crippen LogP contribution in [0, 0.1) is 24.6 Å². The molecule has 2 aliphatic rings. The van der Waals surface area contributed by atoms with E-state index >= 15 is 4.39 Å². The van der Waals surface area contributed by atoms with Crippen LogP contribution < -0.4 is 16.6 Å². The second-order valence-electron chi connectivity index (χ2n) is 13.0. The van der Waals surface area contributed by atoms with Crippen LogP contribution >= 0.6 is 0 Å². The SMILES string of the molecule is CC[C@@]1(O)C(=O)OCc2c1cc1n(c2=O)Cc2cc3c(CCCCOCNC(=O)[C@H](C)CC(=O)[C@@H](N)C(C)C)c(C)c(F)cc3nc2-1. The van der Waals surface area contributed by atoms with Gasteiger partial charge in [0.15, 0.2) is 11.4 Å². The van der Waals surface area contributed by atoms with Gasteiger partial charge in [-0.3, -0.25) is 14.4 Å². The number of carbonyl (C=O) groups is 3. The Morgan fingerprint density at radius 2 is 1.96 bits per heavy atom. The van der Waals surface area contributed by atoms with Crippen LogP contribution in [0.15, 0.2) is 23.0 Å². The number of fused-ring (bicyclic) bond motifs is 5. The van der Waals surface area contributed by atoms with Gasteiger partial charge in [0.1, 0.15) is 19.2 Å². The molecule has 5 rings (SSSR count). The number of ketones is 1. The van der Waals surface area contributed by atoms with E-state index in [1.54, 1.807) is 31.4 Å². The summed E-state index contributed by atoms with van der Waals surface area (Å²) in [7, 11) is 0. The number of esters is 1. The first kappa shape index (κ1) is 34.3. The molecule has 0 unspecified atom stereocenters. The standard InChI is InChI=1S/C35H43FN4O7/c1-6-35(45)25-13-28-31-21(15-40(28)33(43)24(25)16-47-34(35)44)12-23-22(20(5)26(36)14-27(23)39-31)9-7-8-10-46-17-38-32(42)19(4)11-29(41)30(37)18(2)3/h12-14,18-19,30,45H,6-11,15-17,37H2,1-5H3,(H,38,42)/t19-,30+,35+/m1/s1. The minimum Gasteiger partial charge on any atom is -0.458 e. The van der Waals surface area contributed by atoms with Gasteiger partial charge in [0.25, 0.3) is 5.56 Å². The van der Waals surface area contributed by atoms with Crippen LogP contribution in [0.2, 0.25) is 0 Å². The molecule has 0 aliphatic carbocycles. The van der Waals surface area contributed by atoms with Crippen molar-refractivity contribution in [2.24, 2.45) is 17.6 Å². The number of aromatic nitrogens is 2. The highest BCUT2D eigenvalue weighted by atomic mass is 19.1. The van der Waals surface area contributed by atoms with Gasteiger partial charge in [0.2, 0.25) is 5.91 Å². The molecule has 0 bridgehead atoms. The van der Waals surface area contributed by atoms with Crippen molar-refractivity contribution in [3.8, 4) is 11.4 Å². The number of hydrogen-bond acceptors (Lipinski definition) is 9. The first-order valence-corrected chi connectivity index (χ1v) is 16.2. The van der Waals surface area contributed by atoms with E-state index in [1.165, 1.54) is 6.07 Å². The Morgan fingerprint density at radius 3 is 2.66 bits per heavy atom. The molecular formula is C35H43FN4O7. The van der Waals surface area contributed by atoms with Crippen molar-refractivity contribution < 1.29 is 33.4 Å². The number of Topliss-reactive ketones (excluding diaryl/α,β-unsaturated/α-hetero) is 1. The molecule has 12 heteroatoms. The van der Waals surface area contributed by atoms with Crippen LogP contribution in [0.25, 0.3) is 22.3 Å². The van der Waals surface area contributed by atoms with Crippen LogP contribution in [0.3, 0.4) is 0 Å². The Kier molecular flexibility index (Phi) is 9.95. The van der Waals surface area contributed by atoms with Gasteiger partial charge in [-0.25, -0.2) is 14.2 Å². The van der Waals surface area contributed by atoms with Crippen molar-refractivity contribution >= 4 is 28.6 Å². The number of benzene rings is 1. The van der Waals surface area contributed by atoms with Crippen LogP contribution in [-0.2, 0) is 49.0 Å². The van der Waals surface area contributed by atoms with Crippen LogP contribution in [0.1, 0.15) is 81.2 Å². The van der Waals surface area contributed by atoms with Crippen LogP contribution in [0.4, 0.5) is 4.39 Å². The van der Waals surface area contributed by atoms with Gasteiger partial charge >= 0.3 is 5.97 Å². The molecule has 252 valence electrons. The number of aliphatic hydroxyl groups is 1. The molecule has 0 saturated heterocycles. The minimum absolute atomic E-state index is 0.00933. The molecule has 0 spiro atoms. The summed E-state index contributed by atoms with van der Waals surface area (Å²) in [5.74, 6) is -2.09. The van der Waals surface area contributed by atoms with Crippen LogP contribution in [-0.4, -0.2) is 51.7 Å². The maximum absolute atomic E-state index is 15.1. The van der Waals surface area contributed by atoms with Crippen molar-refractivity contribution in [1.29, 1.82) is 0 Å². The third kappa shape index (κ3) is 6.46. The molecular weight excluding hydrogens is 607 g/mol. The third-order valence-corrected chi connectivity index (χ3v) is 9.50. The number of nitrogens with one attached hydrogen (secondary N) is 1. The summed E-state index contributed by atoms with van der Waals surface area (Å²) in [6, 6.07) is 4.39. The van der Waals surface area contributed by atoms with Gasteiger partial charge in [-0.15, -0.1) is 0 Å². The number of ether oxygens (including phenoxy) is 2. The Bertz CT molecular complexity index is 1800. The Morgan fingerprint density at radius 1 is 1.21 bits per heavy atom. The zero-order chi connectivity index (χ0) is 34.2. The van der Waals surface area contributed by atoms with E-state index in [-0.39, 0.29) is 72.8 Å². The molecule has 0 radical (unpaired) electrons. The van der Waals surface area contributed by atoms with Gasteiger partial charge in [-0.2, -0.15) is 0 Å². The van der Waals surface area contributed by atoms with Crippen molar-refractivity contribution in [2.45, 2.75) is 91.5 Å². The fourth-order valence-electron chi connectivity index (χ4n) is 6.36. The van der Waals surface area contributed by atoms with E-state index in [0.717, 1.165) is 16.5 Å². The van der Waals surface area contributed by atoms with Crippen molar-refractivity contribution in [2.75, 3.05) is 13.3 Å². The van der Waals surface area contributed by atoms with E-state index in [0.29, 0.717) is 48.3 Å². The molecule has 11 nitrogen and oxygen atoms in total. The fourth-order valence-corrected chi connectivity index (χ4v) is 6.36. The lowest BCUT2D eigenvalue weighted by atomic mass is 9.86. The molecule has 2 aliphatic heterocycles. The smallest absolute Gasteiger partial charge is 0.343 e. The number of carbonyl (C=O) groups excluding carboxylic acids is 3. The highest BCUT2D eigenvalue weighted by molar-refractivity contribution is 5.90. The zero-order valence-corrected chi connectivity index (χ0v) is 27.6. The number of hydrogen-bond donors (Lipinski definition) is 3. The summed E-state index contributed by atoms with van der Waals surface area (Å²) in [6.07, 6.45) is 2.04. The van der Waals surface area contributed by atoms with Crippen molar-refractivity contribution in [3.05, 3.63) is 62.2 Å². The maximum atomic E-state index is 15.1. The third-order valence-electron chi connectivity index (χ3n) is 9.50. The molecule has 0 saturated carbocycles. The van der Waals surface area contributed by atoms with E-state index in [4.69, 9.17) is 20.2 Å². The van der Waals surface area contributed by atoms with Gasteiger partial charge in [-0.05, 0) is 61.8 Å². The number of rotatable bonds is 13. The highest BCUT2D eigenvalue weighted by Gasteiger charge is 2.45. The first-order valence-electron chi connectivity index (χ1n) is 16.2. The van der Waals surface area contributed by atoms with Gasteiger partial charge in [-0.1, -0.05) is 27.7 Å². The number of amides is 1. The maximum Gasteiger partial charge on any atom is 0.343 e. The second kappa shape index (κ2) is 13.6. The fraction of sp³-hybridized carbons (Fsp3) is 0.514. The topological polar surface area (TPSA) is 163 Å². The summed E-state index contributed by atoms with van der Waals surface area (Å²) < 4.78 is 27.4. The second-order valence-corrected chi connectivity index (χ2v) is 13.0. The van der Waals surface area contributed by atoms with Gasteiger partial charge < -0.3 is 30.2 Å². The molecule has 3 atom stereocenters. The van der Waals surface area contributed by atoms with E-state index in [9.17, 15) is 24.3 Å². The predicted octanol–water partition coefficient (Wildman–Crippen LogP) is 3.52.